The molecule has 0 aromatic rings. The number of rotatable bonds is 3. The maximum Gasteiger partial charge on any atom is 0.313 e. The second-order valence-corrected chi connectivity index (χ2v) is 4.43. The summed E-state index contributed by atoms with van der Waals surface area (Å²) < 4.78 is 0. The van der Waals surface area contributed by atoms with Crippen LogP contribution < -0.4 is 0 Å². The van der Waals surface area contributed by atoms with Gasteiger partial charge in [-0.15, -0.1) is 11.8 Å². The van der Waals surface area contributed by atoms with Gasteiger partial charge in [0.1, 0.15) is 0 Å². The minimum atomic E-state index is -0.728. The third-order valence-electron chi connectivity index (χ3n) is 0.761. The van der Waals surface area contributed by atoms with Crippen LogP contribution in [0.1, 0.15) is 20.8 Å². The zero-order valence-corrected chi connectivity index (χ0v) is 7.49. The Morgan fingerprint density at radius 2 is 2.00 bits per heavy atom. The minimum absolute atomic E-state index is 0.220. The van der Waals surface area contributed by atoms with Gasteiger partial charge in [0.15, 0.2) is 0 Å². The molecule has 0 spiro atoms. The van der Waals surface area contributed by atoms with E-state index in [4.69, 9.17) is 5.11 Å². The highest BCUT2D eigenvalue weighted by Crippen LogP contribution is 2.19. The van der Waals surface area contributed by atoms with Gasteiger partial charge >= 0.3 is 5.97 Å². The summed E-state index contributed by atoms with van der Waals surface area (Å²) >= 11 is 1.47. The first-order chi connectivity index (χ1) is 4.42. The van der Waals surface area contributed by atoms with Gasteiger partial charge in [0.25, 0.3) is 0 Å². The van der Waals surface area contributed by atoms with E-state index in [9.17, 15) is 4.79 Å². The van der Waals surface area contributed by atoms with Crippen molar-refractivity contribution in [2.45, 2.75) is 20.8 Å². The van der Waals surface area contributed by atoms with Crippen LogP contribution in [0.4, 0.5) is 0 Å². The molecule has 0 radical (unpaired) electrons. The van der Waals surface area contributed by atoms with Crippen molar-refractivity contribution in [3.8, 4) is 0 Å². The molecule has 60 valence electrons. The van der Waals surface area contributed by atoms with Gasteiger partial charge in [-0.1, -0.05) is 20.8 Å². The average Bonchev–Trinajstić information content (AvgIpc) is 1.59. The van der Waals surface area contributed by atoms with E-state index < -0.39 is 5.97 Å². The number of hydrogen-bond acceptors (Lipinski definition) is 2. The summed E-state index contributed by atoms with van der Waals surface area (Å²) in [5.74, 6) is 0.394. The van der Waals surface area contributed by atoms with E-state index in [-0.39, 0.29) is 11.2 Å². The SMILES string of the molecule is CC(C)(C)CSCC(=O)O. The average molecular weight is 162 g/mol. The Balaban J connectivity index is 3.29. The molecule has 0 saturated carbocycles. The highest BCUT2D eigenvalue weighted by atomic mass is 32.2. The van der Waals surface area contributed by atoms with Crippen LogP contribution in [0, 0.1) is 5.41 Å². The first-order valence-corrected chi connectivity index (χ1v) is 4.37. The van der Waals surface area contributed by atoms with E-state index in [1.54, 1.807) is 0 Å². The fraction of sp³-hybridized carbons (Fsp3) is 0.857. The summed E-state index contributed by atoms with van der Waals surface area (Å²) in [4.78, 5) is 10.1. The quantitative estimate of drug-likeness (QED) is 0.688. The topological polar surface area (TPSA) is 37.3 Å². The van der Waals surface area contributed by atoms with Gasteiger partial charge in [-0.25, -0.2) is 0 Å². The third-order valence-corrected chi connectivity index (χ3v) is 2.28. The number of aliphatic carboxylic acids is 1. The van der Waals surface area contributed by atoms with Crippen molar-refractivity contribution in [1.29, 1.82) is 0 Å². The van der Waals surface area contributed by atoms with Gasteiger partial charge in [0.05, 0.1) is 5.75 Å². The molecule has 0 aromatic heterocycles. The Hall–Kier alpha value is -0.180. The molecule has 0 fully saturated rings. The highest BCUT2D eigenvalue weighted by Gasteiger charge is 2.10. The predicted molar refractivity (Wildman–Crippen MR) is 44.4 cm³/mol. The van der Waals surface area contributed by atoms with Gasteiger partial charge < -0.3 is 5.11 Å². The lowest BCUT2D eigenvalue weighted by Gasteiger charge is -2.15. The molecular weight excluding hydrogens is 148 g/mol. The Kier molecular flexibility index (Phi) is 3.79. The second kappa shape index (κ2) is 3.86. The van der Waals surface area contributed by atoms with E-state index in [1.165, 1.54) is 11.8 Å². The summed E-state index contributed by atoms with van der Waals surface area (Å²) in [6.45, 7) is 6.30. The number of carbonyl (C=O) groups is 1. The summed E-state index contributed by atoms with van der Waals surface area (Å²) in [6, 6.07) is 0. The third kappa shape index (κ3) is 7.82. The highest BCUT2D eigenvalue weighted by molar-refractivity contribution is 7.99. The fourth-order valence-electron chi connectivity index (χ4n) is 0.445. The van der Waals surface area contributed by atoms with E-state index in [1.807, 2.05) is 0 Å². The number of carboxylic acid groups (broad SMARTS) is 1. The molecule has 0 aliphatic carbocycles. The van der Waals surface area contributed by atoms with E-state index >= 15 is 0 Å². The van der Waals surface area contributed by atoms with Crippen LogP contribution in [0.25, 0.3) is 0 Å². The van der Waals surface area contributed by atoms with Crippen molar-refractivity contribution in [1.82, 2.24) is 0 Å². The van der Waals surface area contributed by atoms with Gasteiger partial charge in [-0.05, 0) is 11.2 Å². The molecule has 0 aromatic carbocycles. The molecule has 0 heterocycles. The lowest BCUT2D eigenvalue weighted by Crippen LogP contribution is -2.10. The van der Waals surface area contributed by atoms with Crippen LogP contribution in [-0.4, -0.2) is 22.6 Å². The van der Waals surface area contributed by atoms with Crippen LogP contribution in [0.2, 0.25) is 0 Å². The molecule has 0 aliphatic heterocycles. The molecule has 1 N–H and O–H groups in total. The van der Waals surface area contributed by atoms with Crippen molar-refractivity contribution < 1.29 is 9.90 Å². The fourth-order valence-corrected chi connectivity index (χ4v) is 1.33. The molecule has 0 unspecified atom stereocenters. The lowest BCUT2D eigenvalue weighted by molar-refractivity contribution is -0.133. The maximum absolute atomic E-state index is 10.1. The second-order valence-electron chi connectivity index (χ2n) is 3.45. The Bertz CT molecular complexity index is 115. The molecule has 2 nitrogen and oxygen atoms in total. The molecule has 10 heavy (non-hydrogen) atoms. The molecular formula is C7H14O2S. The van der Waals surface area contributed by atoms with Crippen LogP contribution in [0.5, 0.6) is 0 Å². The van der Waals surface area contributed by atoms with E-state index in [2.05, 4.69) is 20.8 Å². The van der Waals surface area contributed by atoms with Crippen molar-refractivity contribution in [3.63, 3.8) is 0 Å². The van der Waals surface area contributed by atoms with Crippen molar-refractivity contribution in [2.24, 2.45) is 5.41 Å². The first kappa shape index (κ1) is 9.82. The van der Waals surface area contributed by atoms with Crippen LogP contribution in [0.15, 0.2) is 0 Å². The number of thioether (sulfide) groups is 1. The first-order valence-electron chi connectivity index (χ1n) is 3.21. The normalized spacial score (nSPS) is 11.5. The summed E-state index contributed by atoms with van der Waals surface area (Å²) in [6.07, 6.45) is 0. The summed E-state index contributed by atoms with van der Waals surface area (Å²) in [5, 5.41) is 8.29. The predicted octanol–water partition coefficient (Wildman–Crippen LogP) is 1.85. The lowest BCUT2D eigenvalue weighted by atomic mass is 10.0. The Morgan fingerprint density at radius 1 is 1.50 bits per heavy atom. The van der Waals surface area contributed by atoms with Gasteiger partial charge in [-0.3, -0.25) is 4.79 Å². The molecule has 3 heteroatoms. The minimum Gasteiger partial charge on any atom is -0.481 e. The zero-order chi connectivity index (χ0) is 8.20. The van der Waals surface area contributed by atoms with E-state index in [0.717, 1.165) is 5.75 Å². The van der Waals surface area contributed by atoms with Crippen molar-refractivity contribution in [3.05, 3.63) is 0 Å². The van der Waals surface area contributed by atoms with Crippen LogP contribution in [0.3, 0.4) is 0 Å². The Morgan fingerprint density at radius 3 is 2.30 bits per heavy atom. The monoisotopic (exact) mass is 162 g/mol. The smallest absolute Gasteiger partial charge is 0.313 e. The number of hydrogen-bond donors (Lipinski definition) is 1. The van der Waals surface area contributed by atoms with Gasteiger partial charge in [0.2, 0.25) is 0 Å². The van der Waals surface area contributed by atoms with Gasteiger partial charge in [-0.2, -0.15) is 0 Å². The van der Waals surface area contributed by atoms with Crippen LogP contribution in [-0.2, 0) is 4.79 Å². The molecule has 0 rings (SSSR count). The Labute approximate surface area is 66.0 Å². The van der Waals surface area contributed by atoms with Crippen molar-refractivity contribution in [2.75, 3.05) is 11.5 Å². The van der Waals surface area contributed by atoms with Gasteiger partial charge in [0, 0.05) is 0 Å². The number of carboxylic acids is 1. The molecule has 0 atom stereocenters. The summed E-state index contributed by atoms with van der Waals surface area (Å²) in [5.41, 5.74) is 0.236. The maximum atomic E-state index is 10.1. The summed E-state index contributed by atoms with van der Waals surface area (Å²) in [7, 11) is 0. The van der Waals surface area contributed by atoms with E-state index in [0.29, 0.717) is 0 Å². The van der Waals surface area contributed by atoms with Crippen molar-refractivity contribution >= 4 is 17.7 Å². The zero-order valence-electron chi connectivity index (χ0n) is 6.68. The standard InChI is InChI=1S/C7H14O2S/c1-7(2,3)5-10-4-6(8)9/h4-5H2,1-3H3,(H,8,9). The molecule has 0 saturated heterocycles. The van der Waals surface area contributed by atoms with Crippen LogP contribution >= 0.6 is 11.8 Å². The largest absolute Gasteiger partial charge is 0.481 e. The molecule has 0 aliphatic rings. The molecule has 0 amide bonds. The molecule has 0 bridgehead atoms.